The minimum atomic E-state index is -0.357. The van der Waals surface area contributed by atoms with E-state index in [2.05, 4.69) is 16.1 Å². The number of benzene rings is 2. The van der Waals surface area contributed by atoms with Gasteiger partial charge in [0.25, 0.3) is 0 Å². The number of ether oxygens (including phenoxy) is 3. The molecular weight excluding hydrogens is 490 g/mol. The summed E-state index contributed by atoms with van der Waals surface area (Å²) in [5, 5.41) is 6.40. The van der Waals surface area contributed by atoms with Crippen LogP contribution in [-0.4, -0.2) is 41.1 Å². The van der Waals surface area contributed by atoms with Crippen molar-refractivity contribution in [2.24, 2.45) is 7.05 Å². The van der Waals surface area contributed by atoms with Gasteiger partial charge in [0, 0.05) is 41.4 Å². The molecule has 196 valence electrons. The zero-order chi connectivity index (χ0) is 26.7. The highest BCUT2D eigenvalue weighted by Gasteiger charge is 2.23. The summed E-state index contributed by atoms with van der Waals surface area (Å²) in [5.74, 6) is 0.438. The molecule has 0 aliphatic rings. The van der Waals surface area contributed by atoms with Crippen molar-refractivity contribution < 1.29 is 19.0 Å². The average Bonchev–Trinajstić information content (AvgIpc) is 3.37. The zero-order valence-electron chi connectivity index (χ0n) is 22.3. The lowest BCUT2D eigenvalue weighted by molar-refractivity contribution is 0.0519. The molecule has 2 aromatic heterocycles. The van der Waals surface area contributed by atoms with Crippen LogP contribution in [0.25, 0.3) is 22.0 Å². The van der Waals surface area contributed by atoms with E-state index in [1.54, 1.807) is 7.11 Å². The third-order valence-electron chi connectivity index (χ3n) is 6.63. The van der Waals surface area contributed by atoms with Crippen molar-refractivity contribution in [2.45, 2.75) is 47.1 Å². The van der Waals surface area contributed by atoms with Crippen molar-refractivity contribution >= 4 is 28.5 Å². The van der Waals surface area contributed by atoms with Gasteiger partial charge in [-0.3, -0.25) is 4.68 Å². The number of carbonyl (C=O) groups is 1. The lowest BCUT2D eigenvalue weighted by Crippen LogP contribution is -2.09. The van der Waals surface area contributed by atoms with Crippen LogP contribution < -0.4 is 4.74 Å². The van der Waals surface area contributed by atoms with Crippen molar-refractivity contribution in [3.63, 3.8) is 0 Å². The summed E-state index contributed by atoms with van der Waals surface area (Å²) in [7, 11) is 3.58. The molecule has 1 N–H and O–H groups in total. The van der Waals surface area contributed by atoms with Gasteiger partial charge in [0.1, 0.15) is 11.4 Å². The molecule has 0 amide bonds. The number of fused-ring (bicyclic) bond motifs is 1. The number of aryl methyl sites for hydroxylation is 4. The van der Waals surface area contributed by atoms with Crippen molar-refractivity contribution in [3.8, 4) is 16.9 Å². The van der Waals surface area contributed by atoms with Crippen LogP contribution in [0.15, 0.2) is 30.3 Å². The van der Waals surface area contributed by atoms with E-state index in [-0.39, 0.29) is 5.97 Å². The molecule has 37 heavy (non-hydrogen) atoms. The van der Waals surface area contributed by atoms with E-state index in [0.717, 1.165) is 67.3 Å². The van der Waals surface area contributed by atoms with Crippen LogP contribution in [0.1, 0.15) is 51.9 Å². The predicted octanol–water partition coefficient (Wildman–Crippen LogP) is 6.48. The summed E-state index contributed by atoms with van der Waals surface area (Å²) in [5.41, 5.74) is 8.15. The number of carbonyl (C=O) groups excluding carboxylic acids is 1. The van der Waals surface area contributed by atoms with E-state index in [0.29, 0.717) is 31.9 Å². The van der Waals surface area contributed by atoms with Gasteiger partial charge >= 0.3 is 5.97 Å². The molecule has 0 aliphatic carbocycles. The Bertz CT molecular complexity index is 1410. The van der Waals surface area contributed by atoms with E-state index in [4.69, 9.17) is 25.8 Å². The number of aromatic nitrogens is 3. The van der Waals surface area contributed by atoms with Gasteiger partial charge in [-0.25, -0.2) is 4.79 Å². The number of methoxy groups -OCH3 is 1. The van der Waals surface area contributed by atoms with Crippen molar-refractivity contribution in [3.05, 3.63) is 69.1 Å². The van der Waals surface area contributed by atoms with Crippen molar-refractivity contribution in [2.75, 3.05) is 20.3 Å². The number of rotatable bonds is 10. The van der Waals surface area contributed by atoms with Gasteiger partial charge in [0.05, 0.1) is 31.0 Å². The number of esters is 1. The molecular formula is C29H34ClN3O4. The van der Waals surface area contributed by atoms with Gasteiger partial charge in [0.15, 0.2) is 0 Å². The first-order valence-electron chi connectivity index (χ1n) is 12.5. The first-order valence-corrected chi connectivity index (χ1v) is 12.9. The fraction of sp³-hybridized carbons (Fsp3) is 0.379. The number of aromatic amines is 1. The lowest BCUT2D eigenvalue weighted by atomic mass is 9.98. The third-order valence-corrected chi connectivity index (χ3v) is 7.22. The van der Waals surface area contributed by atoms with Gasteiger partial charge in [-0.05, 0) is 69.4 Å². The van der Waals surface area contributed by atoms with Gasteiger partial charge in [0.2, 0.25) is 0 Å². The number of nitrogens with one attached hydrogen (secondary N) is 1. The molecule has 0 aliphatic heterocycles. The number of halogens is 1. The molecule has 0 fully saturated rings. The summed E-state index contributed by atoms with van der Waals surface area (Å²) < 4.78 is 18.7. The molecule has 4 rings (SSSR count). The van der Waals surface area contributed by atoms with Gasteiger partial charge in [-0.1, -0.05) is 29.8 Å². The van der Waals surface area contributed by atoms with Crippen LogP contribution in [0.2, 0.25) is 5.02 Å². The second kappa shape index (κ2) is 11.4. The quantitative estimate of drug-likeness (QED) is 0.190. The maximum absolute atomic E-state index is 13.0. The molecule has 4 aromatic rings. The van der Waals surface area contributed by atoms with Gasteiger partial charge in [-0.15, -0.1) is 0 Å². The highest BCUT2D eigenvalue weighted by atomic mass is 35.5. The summed E-state index contributed by atoms with van der Waals surface area (Å²) in [6.07, 6.45) is 1.38. The zero-order valence-corrected chi connectivity index (χ0v) is 23.1. The molecule has 0 bridgehead atoms. The van der Waals surface area contributed by atoms with Crippen LogP contribution in [0, 0.1) is 20.8 Å². The minimum absolute atomic E-state index is 0.304. The normalized spacial score (nSPS) is 11.3. The number of hydrogen-bond acceptors (Lipinski definition) is 5. The summed E-state index contributed by atoms with van der Waals surface area (Å²) in [4.78, 5) is 16.3. The monoisotopic (exact) mass is 523 g/mol. The Morgan fingerprint density at radius 1 is 1.16 bits per heavy atom. The molecule has 2 heterocycles. The molecule has 8 heteroatoms. The van der Waals surface area contributed by atoms with Gasteiger partial charge < -0.3 is 19.2 Å². The Hall–Kier alpha value is -3.29. The van der Waals surface area contributed by atoms with E-state index >= 15 is 0 Å². The Morgan fingerprint density at radius 3 is 2.57 bits per heavy atom. The Labute approximate surface area is 222 Å². The highest BCUT2D eigenvalue weighted by Crippen LogP contribution is 2.36. The molecule has 0 spiro atoms. The molecule has 0 saturated carbocycles. The fourth-order valence-electron chi connectivity index (χ4n) is 4.81. The maximum atomic E-state index is 13.0. The first-order chi connectivity index (χ1) is 17.8. The van der Waals surface area contributed by atoms with Crippen LogP contribution in [0.4, 0.5) is 0 Å². The predicted molar refractivity (Wildman–Crippen MR) is 147 cm³/mol. The molecule has 0 saturated heterocycles. The van der Waals surface area contributed by atoms with Crippen LogP contribution in [0.5, 0.6) is 5.75 Å². The summed E-state index contributed by atoms with van der Waals surface area (Å²) in [6, 6.07) is 10.0. The van der Waals surface area contributed by atoms with Crippen LogP contribution in [0.3, 0.4) is 0 Å². The molecule has 0 unspecified atom stereocenters. The largest absolute Gasteiger partial charge is 0.494 e. The smallest absolute Gasteiger partial charge is 0.355 e. The second-order valence-corrected chi connectivity index (χ2v) is 9.59. The molecule has 0 atom stereocenters. The van der Waals surface area contributed by atoms with Crippen LogP contribution >= 0.6 is 11.6 Å². The van der Waals surface area contributed by atoms with E-state index in [9.17, 15) is 4.79 Å². The fourth-order valence-corrected chi connectivity index (χ4v) is 4.92. The molecule has 7 nitrogen and oxygen atoms in total. The maximum Gasteiger partial charge on any atom is 0.355 e. The molecule has 0 radical (unpaired) electrons. The highest BCUT2D eigenvalue weighted by molar-refractivity contribution is 6.32. The van der Waals surface area contributed by atoms with Crippen molar-refractivity contribution in [1.82, 2.24) is 14.8 Å². The Kier molecular flexibility index (Phi) is 8.25. The van der Waals surface area contributed by atoms with E-state index in [1.807, 2.05) is 63.7 Å². The first kappa shape index (κ1) is 26.8. The van der Waals surface area contributed by atoms with E-state index in [1.165, 1.54) is 0 Å². The molecule has 2 aromatic carbocycles. The van der Waals surface area contributed by atoms with Crippen LogP contribution in [-0.2, 0) is 29.5 Å². The summed E-state index contributed by atoms with van der Waals surface area (Å²) in [6.45, 7) is 9.00. The van der Waals surface area contributed by atoms with E-state index < -0.39 is 0 Å². The second-order valence-electron chi connectivity index (χ2n) is 9.21. The van der Waals surface area contributed by atoms with Crippen molar-refractivity contribution in [1.29, 1.82) is 0 Å². The van der Waals surface area contributed by atoms with Gasteiger partial charge in [-0.2, -0.15) is 5.10 Å². The lowest BCUT2D eigenvalue weighted by Gasteiger charge is -2.10. The number of nitrogens with zero attached hydrogens (tertiary/aromatic N) is 2. The number of hydrogen-bond donors (Lipinski definition) is 1. The number of H-pyrrole nitrogens is 1. The number of para-hydroxylation sites is 1. The minimum Gasteiger partial charge on any atom is -0.494 e. The Morgan fingerprint density at radius 2 is 1.89 bits per heavy atom. The average molecular weight is 524 g/mol. The standard InChI is InChI=1S/C29H34ClN3O4/c1-7-36-29(34)28-22(12-9-13-37-20-14-17(2)26(30)18(3)15-20)21-10-8-11-23(27(21)31-28)25-19(4)33(5)32-24(25)16-35-6/h8,10-11,14-15,31H,7,9,12-13,16H2,1-6H3. The SMILES string of the molecule is CCOC(=O)c1[nH]c2c(-c3c(COC)nn(C)c3C)cccc2c1CCCOc1cc(C)c(Cl)c(C)c1. The Balaban J connectivity index is 1.68. The third kappa shape index (κ3) is 5.38. The topological polar surface area (TPSA) is 78.4 Å². The summed E-state index contributed by atoms with van der Waals surface area (Å²) >= 11 is 6.29.